The highest BCUT2D eigenvalue weighted by molar-refractivity contribution is 5.92. The first-order valence-corrected chi connectivity index (χ1v) is 7.86. The topological polar surface area (TPSA) is 41.1 Å². The van der Waals surface area contributed by atoms with Crippen LogP contribution < -0.4 is 10.6 Å². The molecule has 0 heterocycles. The van der Waals surface area contributed by atoms with Crippen molar-refractivity contribution < 1.29 is 4.79 Å². The van der Waals surface area contributed by atoms with Crippen molar-refractivity contribution in [2.24, 2.45) is 17.8 Å². The summed E-state index contributed by atoms with van der Waals surface area (Å²) in [5.41, 5.74) is 2.19. The molecular weight excluding hydrogens is 248 g/mol. The van der Waals surface area contributed by atoms with Crippen molar-refractivity contribution in [3.8, 4) is 0 Å². The molecule has 2 atom stereocenters. The second-order valence-corrected chi connectivity index (χ2v) is 6.29. The van der Waals surface area contributed by atoms with Gasteiger partial charge in [-0.3, -0.25) is 4.79 Å². The van der Waals surface area contributed by atoms with Crippen molar-refractivity contribution in [1.82, 2.24) is 5.32 Å². The second kappa shape index (κ2) is 5.96. The number of benzene rings is 1. The van der Waals surface area contributed by atoms with Gasteiger partial charge in [0.1, 0.15) is 0 Å². The third kappa shape index (κ3) is 3.21. The summed E-state index contributed by atoms with van der Waals surface area (Å²) in [6.07, 6.45) is 4.73. The van der Waals surface area contributed by atoms with Crippen molar-refractivity contribution in [3.63, 3.8) is 0 Å². The maximum atomic E-state index is 12.2. The number of hydrogen-bond donors (Lipinski definition) is 2. The first kappa shape index (κ1) is 13.6. The SMILES string of the molecule is CCCNCc1ccc(NC(=O)C2CC3CC3C2)cc1. The van der Waals surface area contributed by atoms with Gasteiger partial charge in [0, 0.05) is 18.2 Å². The van der Waals surface area contributed by atoms with E-state index in [0.29, 0.717) is 0 Å². The number of carbonyl (C=O) groups excluding carboxylic acids is 1. The smallest absolute Gasteiger partial charge is 0.227 e. The van der Waals surface area contributed by atoms with Crippen LogP contribution in [0.25, 0.3) is 0 Å². The van der Waals surface area contributed by atoms with E-state index in [9.17, 15) is 4.79 Å². The Balaban J connectivity index is 1.48. The largest absolute Gasteiger partial charge is 0.326 e. The number of hydrogen-bond acceptors (Lipinski definition) is 2. The van der Waals surface area contributed by atoms with Gasteiger partial charge in [0.15, 0.2) is 0 Å². The van der Waals surface area contributed by atoms with Gasteiger partial charge in [0.05, 0.1) is 0 Å². The zero-order valence-corrected chi connectivity index (χ0v) is 12.2. The Bertz CT molecular complexity index is 458. The minimum Gasteiger partial charge on any atom is -0.326 e. The van der Waals surface area contributed by atoms with E-state index in [1.807, 2.05) is 12.1 Å². The lowest BCUT2D eigenvalue weighted by molar-refractivity contribution is -0.120. The number of fused-ring (bicyclic) bond motifs is 1. The molecule has 2 aliphatic carbocycles. The van der Waals surface area contributed by atoms with E-state index in [0.717, 1.165) is 49.9 Å². The molecule has 0 radical (unpaired) electrons. The lowest BCUT2D eigenvalue weighted by Crippen LogP contribution is -2.21. The molecule has 0 spiro atoms. The normalized spacial score (nSPS) is 27.1. The van der Waals surface area contributed by atoms with E-state index in [1.54, 1.807) is 0 Å². The van der Waals surface area contributed by atoms with Crippen LogP contribution in [-0.2, 0) is 11.3 Å². The summed E-state index contributed by atoms with van der Waals surface area (Å²) in [6.45, 7) is 4.11. The maximum Gasteiger partial charge on any atom is 0.227 e. The Morgan fingerprint density at radius 1 is 1.15 bits per heavy atom. The highest BCUT2D eigenvalue weighted by Crippen LogP contribution is 2.54. The summed E-state index contributed by atoms with van der Waals surface area (Å²) in [5, 5.41) is 6.44. The van der Waals surface area contributed by atoms with Crippen LogP contribution in [-0.4, -0.2) is 12.5 Å². The van der Waals surface area contributed by atoms with E-state index < -0.39 is 0 Å². The summed E-state index contributed by atoms with van der Waals surface area (Å²) in [5.74, 6) is 2.19. The Kier molecular flexibility index (Phi) is 4.06. The van der Waals surface area contributed by atoms with Crippen LogP contribution in [0.5, 0.6) is 0 Å². The van der Waals surface area contributed by atoms with Crippen LogP contribution in [0.4, 0.5) is 5.69 Å². The summed E-state index contributed by atoms with van der Waals surface area (Å²) in [7, 11) is 0. The molecular formula is C17H24N2O. The van der Waals surface area contributed by atoms with Crippen molar-refractivity contribution >= 4 is 11.6 Å². The molecule has 2 N–H and O–H groups in total. The molecule has 3 rings (SSSR count). The molecule has 108 valence electrons. The predicted octanol–water partition coefficient (Wildman–Crippen LogP) is 3.17. The molecule has 2 saturated carbocycles. The molecule has 2 unspecified atom stereocenters. The molecule has 0 aliphatic heterocycles. The van der Waals surface area contributed by atoms with Crippen molar-refractivity contribution in [2.45, 2.75) is 39.2 Å². The van der Waals surface area contributed by atoms with Gasteiger partial charge in [0.2, 0.25) is 5.91 Å². The Morgan fingerprint density at radius 2 is 1.85 bits per heavy atom. The van der Waals surface area contributed by atoms with Crippen molar-refractivity contribution in [2.75, 3.05) is 11.9 Å². The average molecular weight is 272 g/mol. The Morgan fingerprint density at radius 3 is 2.50 bits per heavy atom. The molecule has 0 saturated heterocycles. The average Bonchev–Trinajstić information content (AvgIpc) is 3.07. The first-order chi connectivity index (χ1) is 9.76. The fraction of sp³-hybridized carbons (Fsp3) is 0.588. The Labute approximate surface area is 121 Å². The van der Waals surface area contributed by atoms with Crippen LogP contribution in [0.1, 0.15) is 38.2 Å². The lowest BCUT2D eigenvalue weighted by atomic mass is 10.0. The van der Waals surface area contributed by atoms with Gasteiger partial charge in [0.25, 0.3) is 0 Å². The third-order valence-electron chi connectivity index (χ3n) is 4.59. The number of anilines is 1. The molecule has 3 heteroatoms. The zero-order valence-electron chi connectivity index (χ0n) is 12.2. The quantitative estimate of drug-likeness (QED) is 0.781. The summed E-state index contributed by atoms with van der Waals surface area (Å²) < 4.78 is 0. The zero-order chi connectivity index (χ0) is 13.9. The minimum atomic E-state index is 0.217. The summed E-state index contributed by atoms with van der Waals surface area (Å²) in [4.78, 5) is 12.2. The molecule has 3 nitrogen and oxygen atoms in total. The first-order valence-electron chi connectivity index (χ1n) is 7.86. The molecule has 1 aromatic rings. The van der Waals surface area contributed by atoms with Gasteiger partial charge >= 0.3 is 0 Å². The Hall–Kier alpha value is -1.35. The van der Waals surface area contributed by atoms with Crippen LogP contribution >= 0.6 is 0 Å². The minimum absolute atomic E-state index is 0.217. The lowest BCUT2D eigenvalue weighted by Gasteiger charge is -2.12. The van der Waals surface area contributed by atoms with Crippen LogP contribution in [0, 0.1) is 17.8 Å². The number of carbonyl (C=O) groups is 1. The molecule has 1 aromatic carbocycles. The molecule has 1 amide bonds. The maximum absolute atomic E-state index is 12.2. The van der Waals surface area contributed by atoms with Crippen LogP contribution in [0.3, 0.4) is 0 Å². The molecule has 20 heavy (non-hydrogen) atoms. The van der Waals surface area contributed by atoms with Gasteiger partial charge in [-0.15, -0.1) is 0 Å². The molecule has 2 aliphatic rings. The second-order valence-electron chi connectivity index (χ2n) is 6.29. The number of rotatable bonds is 6. The van der Waals surface area contributed by atoms with Crippen LogP contribution in [0.15, 0.2) is 24.3 Å². The van der Waals surface area contributed by atoms with Crippen LogP contribution in [0.2, 0.25) is 0 Å². The highest BCUT2D eigenvalue weighted by Gasteiger charge is 2.47. The van der Waals surface area contributed by atoms with Crippen molar-refractivity contribution in [1.29, 1.82) is 0 Å². The predicted molar refractivity (Wildman–Crippen MR) is 81.4 cm³/mol. The fourth-order valence-corrected chi connectivity index (χ4v) is 3.29. The van der Waals surface area contributed by atoms with Crippen molar-refractivity contribution in [3.05, 3.63) is 29.8 Å². The van der Waals surface area contributed by atoms with E-state index in [1.165, 1.54) is 12.0 Å². The molecule has 0 aromatic heterocycles. The molecule has 2 fully saturated rings. The summed E-state index contributed by atoms with van der Waals surface area (Å²) >= 11 is 0. The van der Waals surface area contributed by atoms with E-state index in [-0.39, 0.29) is 11.8 Å². The summed E-state index contributed by atoms with van der Waals surface area (Å²) in [6, 6.07) is 8.20. The highest BCUT2D eigenvalue weighted by atomic mass is 16.1. The van der Waals surface area contributed by atoms with Gasteiger partial charge in [-0.05, 0) is 61.8 Å². The fourth-order valence-electron chi connectivity index (χ4n) is 3.29. The van der Waals surface area contributed by atoms with Gasteiger partial charge in [-0.25, -0.2) is 0 Å². The van der Waals surface area contributed by atoms with Gasteiger partial charge in [-0.1, -0.05) is 19.1 Å². The number of amides is 1. The van der Waals surface area contributed by atoms with Gasteiger partial charge < -0.3 is 10.6 Å². The molecule has 0 bridgehead atoms. The van der Waals surface area contributed by atoms with E-state index in [4.69, 9.17) is 0 Å². The standard InChI is InChI=1S/C17H24N2O/c1-2-7-18-11-12-3-5-16(6-4-12)19-17(20)15-9-13-8-14(13)10-15/h3-6,13-15,18H,2,7-11H2,1H3,(H,19,20). The third-order valence-corrected chi connectivity index (χ3v) is 4.59. The van der Waals surface area contributed by atoms with E-state index >= 15 is 0 Å². The van der Waals surface area contributed by atoms with E-state index in [2.05, 4.69) is 29.7 Å². The van der Waals surface area contributed by atoms with Gasteiger partial charge in [-0.2, -0.15) is 0 Å². The number of nitrogens with one attached hydrogen (secondary N) is 2. The monoisotopic (exact) mass is 272 g/mol.